The van der Waals surface area contributed by atoms with Crippen molar-refractivity contribution in [3.05, 3.63) is 58.9 Å². The second kappa shape index (κ2) is 5.98. The highest BCUT2D eigenvalue weighted by Crippen LogP contribution is 2.41. The molecule has 1 aliphatic carbocycles. The predicted octanol–water partition coefficient (Wildman–Crippen LogP) is 3.11. The van der Waals surface area contributed by atoms with Crippen molar-refractivity contribution in [2.45, 2.75) is 25.7 Å². The first-order chi connectivity index (χ1) is 12.5. The molecule has 1 fully saturated rings. The molecule has 4 rings (SSSR count). The number of pyridine rings is 1. The maximum atomic E-state index is 12.8. The maximum absolute atomic E-state index is 12.8. The molecule has 2 aromatic heterocycles. The molecule has 2 amide bonds. The molecule has 132 valence electrons. The fraction of sp³-hybridized carbons (Fsp3) is 0.250. The molecule has 0 radical (unpaired) electrons. The number of nitrogens with two attached hydrogens (primary N) is 1. The summed E-state index contributed by atoms with van der Waals surface area (Å²) in [6, 6.07) is 10.7. The van der Waals surface area contributed by atoms with Gasteiger partial charge >= 0.3 is 0 Å². The Morgan fingerprint density at radius 1 is 1.19 bits per heavy atom. The zero-order valence-electron chi connectivity index (χ0n) is 14.7. The van der Waals surface area contributed by atoms with E-state index in [2.05, 4.69) is 14.9 Å². The van der Waals surface area contributed by atoms with Gasteiger partial charge in [0, 0.05) is 23.8 Å². The number of para-hydroxylation sites is 1. The van der Waals surface area contributed by atoms with Gasteiger partial charge in [0.1, 0.15) is 5.82 Å². The van der Waals surface area contributed by atoms with Gasteiger partial charge in [-0.25, -0.2) is 4.98 Å². The van der Waals surface area contributed by atoms with Crippen molar-refractivity contribution < 1.29 is 9.59 Å². The van der Waals surface area contributed by atoms with Gasteiger partial charge in [0.2, 0.25) is 5.91 Å². The van der Waals surface area contributed by atoms with Crippen molar-refractivity contribution in [2.24, 2.45) is 12.8 Å². The molecule has 2 heterocycles. The van der Waals surface area contributed by atoms with Crippen LogP contribution in [0.1, 0.15) is 50.9 Å². The van der Waals surface area contributed by atoms with Crippen molar-refractivity contribution in [1.82, 2.24) is 9.55 Å². The van der Waals surface area contributed by atoms with E-state index in [1.807, 2.05) is 32.2 Å². The highest BCUT2D eigenvalue weighted by molar-refractivity contribution is 6.09. The third-order valence-corrected chi connectivity index (χ3v) is 5.04. The Labute approximate surface area is 151 Å². The summed E-state index contributed by atoms with van der Waals surface area (Å²) in [7, 11) is 1.99. The summed E-state index contributed by atoms with van der Waals surface area (Å²) in [6.07, 6.45) is 2.35. The van der Waals surface area contributed by atoms with Crippen LogP contribution < -0.4 is 11.1 Å². The number of carbonyl (C=O) groups is 2. The van der Waals surface area contributed by atoms with Crippen LogP contribution in [0.4, 0.5) is 5.82 Å². The Balaban J connectivity index is 1.70. The van der Waals surface area contributed by atoms with Crippen LogP contribution >= 0.6 is 0 Å². The number of anilines is 1. The van der Waals surface area contributed by atoms with Gasteiger partial charge in [-0.2, -0.15) is 0 Å². The molecule has 0 aliphatic heterocycles. The van der Waals surface area contributed by atoms with Gasteiger partial charge in [0.05, 0.1) is 16.6 Å². The van der Waals surface area contributed by atoms with E-state index in [1.54, 1.807) is 12.1 Å². The molecule has 0 spiro atoms. The van der Waals surface area contributed by atoms with E-state index in [9.17, 15) is 9.59 Å². The fourth-order valence-corrected chi connectivity index (χ4v) is 3.35. The molecule has 0 unspecified atom stereocenters. The van der Waals surface area contributed by atoms with Crippen LogP contribution in [0.3, 0.4) is 0 Å². The van der Waals surface area contributed by atoms with E-state index in [0.717, 1.165) is 5.69 Å². The maximum Gasteiger partial charge on any atom is 0.258 e. The van der Waals surface area contributed by atoms with E-state index in [4.69, 9.17) is 5.73 Å². The highest BCUT2D eigenvalue weighted by atomic mass is 16.2. The number of rotatable bonds is 4. The molecule has 1 aromatic carbocycles. The summed E-state index contributed by atoms with van der Waals surface area (Å²) in [5, 5.41) is 3.49. The van der Waals surface area contributed by atoms with Gasteiger partial charge in [0.25, 0.3) is 5.91 Å². The standard InChI is InChI=1S/C20H20N4O2/c1-11-14(9-17(24(11)2)12-7-8-12)20(26)23-18-10-15(19(21)25)13-5-3-4-6-16(13)22-18/h3-6,9-10,12H,7-8H2,1-2H3,(H2,21,25)(H,22,23,26). The number of amides is 2. The van der Waals surface area contributed by atoms with Gasteiger partial charge in [-0.1, -0.05) is 18.2 Å². The van der Waals surface area contributed by atoms with Gasteiger partial charge < -0.3 is 15.6 Å². The molecule has 0 bridgehead atoms. The smallest absolute Gasteiger partial charge is 0.258 e. The number of fused-ring (bicyclic) bond motifs is 1. The third kappa shape index (κ3) is 2.73. The zero-order valence-corrected chi connectivity index (χ0v) is 14.7. The lowest BCUT2D eigenvalue weighted by molar-refractivity contribution is 0.0997. The number of hydrogen-bond donors (Lipinski definition) is 2. The first-order valence-electron chi connectivity index (χ1n) is 8.63. The second-order valence-electron chi connectivity index (χ2n) is 6.79. The number of carbonyl (C=O) groups excluding carboxylic acids is 2. The van der Waals surface area contributed by atoms with Crippen molar-refractivity contribution >= 4 is 28.5 Å². The Bertz CT molecular complexity index is 1050. The summed E-state index contributed by atoms with van der Waals surface area (Å²) in [5.41, 5.74) is 9.19. The third-order valence-electron chi connectivity index (χ3n) is 5.04. The normalized spacial score (nSPS) is 13.8. The fourth-order valence-electron chi connectivity index (χ4n) is 3.35. The van der Waals surface area contributed by atoms with Gasteiger partial charge in [0.15, 0.2) is 0 Å². The average molecular weight is 348 g/mol. The van der Waals surface area contributed by atoms with E-state index in [1.165, 1.54) is 24.6 Å². The Kier molecular flexibility index (Phi) is 3.76. The van der Waals surface area contributed by atoms with Crippen molar-refractivity contribution in [2.75, 3.05) is 5.32 Å². The molecule has 6 nitrogen and oxygen atoms in total. The van der Waals surface area contributed by atoms with Crippen LogP contribution in [0.5, 0.6) is 0 Å². The molecule has 3 N–H and O–H groups in total. The Morgan fingerprint density at radius 2 is 1.92 bits per heavy atom. The monoisotopic (exact) mass is 348 g/mol. The van der Waals surface area contributed by atoms with Gasteiger partial charge in [-0.3, -0.25) is 9.59 Å². The lowest BCUT2D eigenvalue weighted by atomic mass is 10.1. The first kappa shape index (κ1) is 16.3. The first-order valence-corrected chi connectivity index (χ1v) is 8.63. The molecule has 1 saturated carbocycles. The van der Waals surface area contributed by atoms with Crippen LogP contribution in [0, 0.1) is 6.92 Å². The van der Waals surface area contributed by atoms with Crippen molar-refractivity contribution in [3.8, 4) is 0 Å². The number of benzene rings is 1. The quantitative estimate of drug-likeness (QED) is 0.759. The van der Waals surface area contributed by atoms with Crippen LogP contribution in [-0.2, 0) is 7.05 Å². The molecular formula is C20H20N4O2. The van der Waals surface area contributed by atoms with Crippen LogP contribution in [-0.4, -0.2) is 21.4 Å². The number of nitrogens with one attached hydrogen (secondary N) is 1. The average Bonchev–Trinajstić information content (AvgIpc) is 3.41. The molecule has 0 atom stereocenters. The van der Waals surface area contributed by atoms with E-state index in [0.29, 0.717) is 33.8 Å². The highest BCUT2D eigenvalue weighted by Gasteiger charge is 2.29. The predicted molar refractivity (Wildman–Crippen MR) is 100 cm³/mol. The SMILES string of the molecule is Cc1c(C(=O)Nc2cc(C(N)=O)c3ccccc3n2)cc(C2CC2)n1C. The Hall–Kier alpha value is -3.15. The van der Waals surface area contributed by atoms with E-state index < -0.39 is 5.91 Å². The lowest BCUT2D eigenvalue weighted by Gasteiger charge is -2.09. The van der Waals surface area contributed by atoms with Crippen LogP contribution in [0.25, 0.3) is 10.9 Å². The molecule has 3 aromatic rings. The summed E-state index contributed by atoms with van der Waals surface area (Å²) in [6.45, 7) is 1.93. The minimum atomic E-state index is -0.550. The van der Waals surface area contributed by atoms with E-state index in [-0.39, 0.29) is 5.91 Å². The van der Waals surface area contributed by atoms with Gasteiger partial charge in [-0.15, -0.1) is 0 Å². The number of hydrogen-bond acceptors (Lipinski definition) is 3. The number of nitrogens with zero attached hydrogens (tertiary/aromatic N) is 2. The molecule has 1 aliphatic rings. The Morgan fingerprint density at radius 3 is 2.62 bits per heavy atom. The number of aromatic nitrogens is 2. The van der Waals surface area contributed by atoms with Crippen molar-refractivity contribution in [1.29, 1.82) is 0 Å². The minimum Gasteiger partial charge on any atom is -0.366 e. The molecule has 6 heteroatoms. The molecule has 26 heavy (non-hydrogen) atoms. The van der Waals surface area contributed by atoms with Crippen molar-refractivity contribution in [3.63, 3.8) is 0 Å². The topological polar surface area (TPSA) is 90.0 Å². The van der Waals surface area contributed by atoms with Gasteiger partial charge in [-0.05, 0) is 43.9 Å². The van der Waals surface area contributed by atoms with E-state index >= 15 is 0 Å². The van der Waals surface area contributed by atoms with Crippen LogP contribution in [0.2, 0.25) is 0 Å². The second-order valence-corrected chi connectivity index (χ2v) is 6.79. The summed E-state index contributed by atoms with van der Waals surface area (Å²) < 4.78 is 2.08. The molecular weight excluding hydrogens is 328 g/mol. The minimum absolute atomic E-state index is 0.233. The zero-order chi connectivity index (χ0) is 18.4. The number of primary amides is 1. The molecule has 0 saturated heterocycles. The summed E-state index contributed by atoms with van der Waals surface area (Å²) in [4.78, 5) is 29.0. The summed E-state index contributed by atoms with van der Waals surface area (Å²) in [5.74, 6) is 0.0912. The van der Waals surface area contributed by atoms with Crippen LogP contribution in [0.15, 0.2) is 36.4 Å². The summed E-state index contributed by atoms with van der Waals surface area (Å²) >= 11 is 0. The lowest BCUT2D eigenvalue weighted by Crippen LogP contribution is -2.16. The largest absolute Gasteiger partial charge is 0.366 e.